The standard InChI is InChI=1S/C29H50O4/c1-9-18-26(19-14-10-12-16-21-32-27(30)23(2)3)29(8,25(6)7)20-15-11-13-17-22-33-28(31)24(4)5/h26H,1-2,4,9-22H2,3,5-8H3. The number of carbonyl (C=O) groups excluding carboxylic acids is 2. The lowest BCUT2D eigenvalue weighted by atomic mass is 9.63. The van der Waals surface area contributed by atoms with E-state index >= 15 is 0 Å². The summed E-state index contributed by atoms with van der Waals surface area (Å²) in [6.07, 6.45) is 13.3. The molecule has 0 aromatic rings. The van der Waals surface area contributed by atoms with Gasteiger partial charge in [-0.05, 0) is 63.2 Å². The molecule has 0 fully saturated rings. The summed E-state index contributed by atoms with van der Waals surface area (Å²) in [7, 11) is 0. The van der Waals surface area contributed by atoms with E-state index in [-0.39, 0.29) is 17.4 Å². The van der Waals surface area contributed by atoms with Crippen molar-refractivity contribution in [2.45, 2.75) is 112 Å². The zero-order chi connectivity index (χ0) is 25.3. The van der Waals surface area contributed by atoms with E-state index in [1.807, 2.05) is 0 Å². The van der Waals surface area contributed by atoms with Gasteiger partial charge in [0.25, 0.3) is 0 Å². The fraction of sp³-hybridized carbons (Fsp3) is 0.724. The van der Waals surface area contributed by atoms with Crippen LogP contribution in [0.1, 0.15) is 112 Å². The molecule has 0 N–H and O–H groups in total. The summed E-state index contributed by atoms with van der Waals surface area (Å²) >= 11 is 0. The van der Waals surface area contributed by atoms with E-state index in [1.54, 1.807) is 13.8 Å². The van der Waals surface area contributed by atoms with Gasteiger partial charge in [-0.2, -0.15) is 0 Å². The molecule has 0 rings (SSSR count). The van der Waals surface area contributed by atoms with E-state index in [4.69, 9.17) is 9.47 Å². The Hall–Kier alpha value is -1.58. The molecule has 2 radical (unpaired) electrons. The molecule has 0 bridgehead atoms. The van der Waals surface area contributed by atoms with Crippen LogP contribution in [-0.4, -0.2) is 25.2 Å². The Kier molecular flexibility index (Phi) is 17.0. The average Bonchev–Trinajstić information content (AvgIpc) is 2.75. The van der Waals surface area contributed by atoms with Crippen molar-refractivity contribution in [1.29, 1.82) is 0 Å². The first-order valence-electron chi connectivity index (χ1n) is 12.8. The van der Waals surface area contributed by atoms with Gasteiger partial charge in [0.05, 0.1) is 13.2 Å². The third kappa shape index (κ3) is 13.7. The molecule has 4 nitrogen and oxygen atoms in total. The second-order valence-corrected chi connectivity index (χ2v) is 9.96. The van der Waals surface area contributed by atoms with Crippen molar-refractivity contribution in [2.75, 3.05) is 13.2 Å². The normalized spacial score (nSPS) is 13.9. The smallest absolute Gasteiger partial charge is 0.333 e. The Morgan fingerprint density at radius 1 is 0.727 bits per heavy atom. The van der Waals surface area contributed by atoms with Gasteiger partial charge in [-0.1, -0.05) is 85.8 Å². The van der Waals surface area contributed by atoms with Gasteiger partial charge in [-0.3, -0.25) is 0 Å². The Morgan fingerprint density at radius 3 is 1.61 bits per heavy atom. The van der Waals surface area contributed by atoms with Crippen molar-refractivity contribution in [3.8, 4) is 0 Å². The van der Waals surface area contributed by atoms with Gasteiger partial charge in [0.15, 0.2) is 0 Å². The molecule has 0 aliphatic carbocycles. The lowest BCUT2D eigenvalue weighted by Gasteiger charge is -2.42. The number of hydrogen-bond donors (Lipinski definition) is 0. The molecule has 0 aromatic heterocycles. The molecule has 33 heavy (non-hydrogen) atoms. The van der Waals surface area contributed by atoms with Crippen molar-refractivity contribution < 1.29 is 19.1 Å². The highest BCUT2D eigenvalue weighted by atomic mass is 16.5. The van der Waals surface area contributed by atoms with Gasteiger partial charge >= 0.3 is 11.9 Å². The average molecular weight is 463 g/mol. The van der Waals surface area contributed by atoms with Crippen LogP contribution < -0.4 is 0 Å². The van der Waals surface area contributed by atoms with Crippen LogP contribution in [0.2, 0.25) is 0 Å². The van der Waals surface area contributed by atoms with E-state index < -0.39 is 0 Å². The van der Waals surface area contributed by atoms with Crippen molar-refractivity contribution in [2.24, 2.45) is 11.3 Å². The van der Waals surface area contributed by atoms with E-state index in [1.165, 1.54) is 38.0 Å². The topological polar surface area (TPSA) is 52.6 Å². The molecule has 0 amide bonds. The highest BCUT2D eigenvalue weighted by Crippen LogP contribution is 2.46. The first-order valence-corrected chi connectivity index (χ1v) is 12.8. The number of ether oxygens (including phenoxy) is 2. The van der Waals surface area contributed by atoms with Crippen LogP contribution in [0.5, 0.6) is 0 Å². The highest BCUT2D eigenvalue weighted by Gasteiger charge is 2.35. The maximum Gasteiger partial charge on any atom is 0.333 e. The Morgan fingerprint density at radius 2 is 1.18 bits per heavy atom. The molecule has 0 aliphatic heterocycles. The second-order valence-electron chi connectivity index (χ2n) is 9.96. The summed E-state index contributed by atoms with van der Waals surface area (Å²) in [4.78, 5) is 22.9. The number of esters is 2. The molecule has 0 aliphatic rings. The SMILES string of the molecule is [CH2]CCC(CCCCCCOC(=O)C(=C)C)C(C)(CCCCCCOC(=O)C(=C)C)[C](C)C. The third-order valence-electron chi connectivity index (χ3n) is 6.80. The summed E-state index contributed by atoms with van der Waals surface area (Å²) in [6.45, 7) is 22.7. The molecule has 2 unspecified atom stereocenters. The molecule has 0 saturated heterocycles. The summed E-state index contributed by atoms with van der Waals surface area (Å²) in [6, 6.07) is 0. The zero-order valence-corrected chi connectivity index (χ0v) is 22.2. The van der Waals surface area contributed by atoms with Gasteiger partial charge in [0.2, 0.25) is 0 Å². The first-order chi connectivity index (χ1) is 15.6. The van der Waals surface area contributed by atoms with Crippen LogP contribution in [0.15, 0.2) is 24.3 Å². The molecule has 0 spiro atoms. The molecule has 4 heteroatoms. The number of rotatable bonds is 20. The fourth-order valence-corrected chi connectivity index (χ4v) is 4.26. The molecule has 2 atom stereocenters. The van der Waals surface area contributed by atoms with Crippen LogP contribution in [-0.2, 0) is 19.1 Å². The molecule has 0 saturated carbocycles. The maximum atomic E-state index is 11.4. The zero-order valence-electron chi connectivity index (χ0n) is 22.2. The minimum atomic E-state index is -0.289. The van der Waals surface area contributed by atoms with Crippen LogP contribution in [0.4, 0.5) is 0 Å². The van der Waals surface area contributed by atoms with Crippen LogP contribution in [0.3, 0.4) is 0 Å². The number of unbranched alkanes of at least 4 members (excludes halogenated alkanes) is 6. The van der Waals surface area contributed by atoms with Gasteiger partial charge < -0.3 is 9.47 Å². The van der Waals surface area contributed by atoms with Gasteiger partial charge in [-0.25, -0.2) is 9.59 Å². The first kappa shape index (κ1) is 31.4. The summed E-state index contributed by atoms with van der Waals surface area (Å²) in [5, 5.41) is 0. The van der Waals surface area contributed by atoms with Crippen LogP contribution >= 0.6 is 0 Å². The number of hydrogen-bond acceptors (Lipinski definition) is 4. The van der Waals surface area contributed by atoms with Crippen LogP contribution in [0, 0.1) is 24.2 Å². The largest absolute Gasteiger partial charge is 0.462 e. The fourth-order valence-electron chi connectivity index (χ4n) is 4.26. The van der Waals surface area contributed by atoms with E-state index in [9.17, 15) is 9.59 Å². The van der Waals surface area contributed by atoms with Crippen molar-refractivity contribution in [3.05, 3.63) is 37.1 Å². The van der Waals surface area contributed by atoms with Crippen molar-refractivity contribution in [1.82, 2.24) is 0 Å². The molecular weight excluding hydrogens is 412 g/mol. The molecule has 0 heterocycles. The second kappa shape index (κ2) is 17.8. The summed E-state index contributed by atoms with van der Waals surface area (Å²) in [5.74, 6) is 1.59. The van der Waals surface area contributed by atoms with Gasteiger partial charge in [-0.15, -0.1) is 0 Å². The van der Waals surface area contributed by atoms with Crippen LogP contribution in [0.25, 0.3) is 0 Å². The van der Waals surface area contributed by atoms with Gasteiger partial charge in [0, 0.05) is 11.1 Å². The highest BCUT2D eigenvalue weighted by molar-refractivity contribution is 5.87. The Balaban J connectivity index is 4.36. The summed E-state index contributed by atoms with van der Waals surface area (Å²) < 4.78 is 10.4. The lowest BCUT2D eigenvalue weighted by molar-refractivity contribution is -0.139. The van der Waals surface area contributed by atoms with Crippen molar-refractivity contribution >= 4 is 11.9 Å². The third-order valence-corrected chi connectivity index (χ3v) is 6.80. The Labute approximate surface area is 204 Å². The monoisotopic (exact) mass is 462 g/mol. The van der Waals surface area contributed by atoms with E-state index in [0.29, 0.717) is 30.3 Å². The Bertz CT molecular complexity index is 592. The van der Waals surface area contributed by atoms with Gasteiger partial charge in [0.1, 0.15) is 0 Å². The predicted molar refractivity (Wildman–Crippen MR) is 138 cm³/mol. The van der Waals surface area contributed by atoms with E-state index in [0.717, 1.165) is 44.9 Å². The molecule has 190 valence electrons. The minimum absolute atomic E-state index is 0.237. The molecule has 0 aromatic carbocycles. The maximum absolute atomic E-state index is 11.4. The summed E-state index contributed by atoms with van der Waals surface area (Å²) in [5.41, 5.74) is 1.16. The van der Waals surface area contributed by atoms with Crippen molar-refractivity contribution in [3.63, 3.8) is 0 Å². The van der Waals surface area contributed by atoms with E-state index in [2.05, 4.69) is 40.9 Å². The lowest BCUT2D eigenvalue weighted by Crippen LogP contribution is -2.32. The minimum Gasteiger partial charge on any atom is -0.462 e. The number of carbonyl (C=O) groups is 2. The molecular formula is C29H50O4. The quantitative estimate of drug-likeness (QED) is 0.105. The predicted octanol–water partition coefficient (Wildman–Crippen LogP) is 7.98.